The van der Waals surface area contributed by atoms with Crippen molar-refractivity contribution in [3.63, 3.8) is 0 Å². The normalized spacial score (nSPS) is 38.8. The van der Waals surface area contributed by atoms with Crippen molar-refractivity contribution in [2.45, 2.75) is 65.3 Å². The minimum absolute atomic E-state index is 0.568. The SMILES string of the molecule is CCCC1(CN2CC(C)CCC2C)CCCNC1. The number of hydrogen-bond donors (Lipinski definition) is 1. The molecule has 0 bridgehead atoms. The number of piperidine rings is 2. The number of nitrogens with zero attached hydrogens (tertiary/aromatic N) is 1. The quantitative estimate of drug-likeness (QED) is 0.826. The van der Waals surface area contributed by atoms with Gasteiger partial charge in [0.25, 0.3) is 0 Å². The van der Waals surface area contributed by atoms with Crippen LogP contribution >= 0.6 is 0 Å². The average molecular weight is 252 g/mol. The molecule has 0 aromatic carbocycles. The van der Waals surface area contributed by atoms with Gasteiger partial charge < -0.3 is 5.32 Å². The van der Waals surface area contributed by atoms with Gasteiger partial charge in [-0.1, -0.05) is 20.3 Å². The highest BCUT2D eigenvalue weighted by Crippen LogP contribution is 2.35. The molecule has 2 aliphatic rings. The molecule has 0 radical (unpaired) electrons. The minimum Gasteiger partial charge on any atom is -0.316 e. The first-order chi connectivity index (χ1) is 8.65. The standard InChI is InChI=1S/C16H32N2/c1-4-8-16(9-5-10-17-12-16)13-18-11-14(2)6-7-15(18)3/h14-15,17H,4-13H2,1-3H3. The molecule has 2 rings (SSSR count). The second-order valence-electron chi connectivity index (χ2n) is 6.99. The van der Waals surface area contributed by atoms with E-state index in [1.807, 2.05) is 0 Å². The van der Waals surface area contributed by atoms with Gasteiger partial charge >= 0.3 is 0 Å². The van der Waals surface area contributed by atoms with Gasteiger partial charge in [-0.05, 0) is 56.9 Å². The molecule has 0 aromatic heterocycles. The Labute approximate surface area is 114 Å². The molecule has 2 aliphatic heterocycles. The van der Waals surface area contributed by atoms with E-state index < -0.39 is 0 Å². The first kappa shape index (κ1) is 14.3. The molecule has 2 nitrogen and oxygen atoms in total. The molecule has 0 aliphatic carbocycles. The molecule has 0 spiro atoms. The third-order valence-electron chi connectivity index (χ3n) is 5.13. The van der Waals surface area contributed by atoms with Crippen LogP contribution in [0.1, 0.15) is 59.3 Å². The van der Waals surface area contributed by atoms with E-state index in [9.17, 15) is 0 Å². The zero-order chi connectivity index (χ0) is 13.0. The second-order valence-corrected chi connectivity index (χ2v) is 6.99. The predicted molar refractivity (Wildman–Crippen MR) is 78.9 cm³/mol. The number of likely N-dealkylation sites (tertiary alicyclic amines) is 1. The van der Waals surface area contributed by atoms with Gasteiger partial charge in [-0.2, -0.15) is 0 Å². The molecular formula is C16H32N2. The van der Waals surface area contributed by atoms with E-state index in [1.54, 1.807) is 0 Å². The molecular weight excluding hydrogens is 220 g/mol. The first-order valence-corrected chi connectivity index (χ1v) is 8.10. The lowest BCUT2D eigenvalue weighted by molar-refractivity contribution is 0.0468. The van der Waals surface area contributed by atoms with Gasteiger partial charge in [-0.3, -0.25) is 4.90 Å². The van der Waals surface area contributed by atoms with Gasteiger partial charge in [-0.15, -0.1) is 0 Å². The van der Waals surface area contributed by atoms with E-state index in [4.69, 9.17) is 0 Å². The minimum atomic E-state index is 0.568. The van der Waals surface area contributed by atoms with Crippen molar-refractivity contribution in [2.24, 2.45) is 11.3 Å². The Kier molecular flexibility index (Phi) is 5.08. The largest absolute Gasteiger partial charge is 0.316 e. The summed E-state index contributed by atoms with van der Waals surface area (Å²) in [6, 6.07) is 0.803. The summed E-state index contributed by atoms with van der Waals surface area (Å²) in [5.41, 5.74) is 0.568. The Morgan fingerprint density at radius 2 is 2.11 bits per heavy atom. The van der Waals surface area contributed by atoms with Crippen molar-refractivity contribution in [3.05, 3.63) is 0 Å². The van der Waals surface area contributed by atoms with Gasteiger partial charge in [0.15, 0.2) is 0 Å². The lowest BCUT2D eigenvalue weighted by Crippen LogP contribution is -2.52. The molecule has 3 unspecified atom stereocenters. The molecule has 0 aromatic rings. The molecule has 3 atom stereocenters. The lowest BCUT2D eigenvalue weighted by atomic mass is 9.75. The smallest absolute Gasteiger partial charge is 0.00673 e. The van der Waals surface area contributed by atoms with Crippen LogP contribution in [0.4, 0.5) is 0 Å². The second kappa shape index (κ2) is 6.38. The number of rotatable bonds is 4. The van der Waals surface area contributed by atoms with Crippen LogP contribution in [0.5, 0.6) is 0 Å². The Morgan fingerprint density at radius 3 is 2.78 bits per heavy atom. The van der Waals surface area contributed by atoms with E-state index in [0.29, 0.717) is 5.41 Å². The fraction of sp³-hybridized carbons (Fsp3) is 1.00. The van der Waals surface area contributed by atoms with E-state index in [1.165, 1.54) is 64.7 Å². The maximum Gasteiger partial charge on any atom is 0.00673 e. The van der Waals surface area contributed by atoms with E-state index >= 15 is 0 Å². The predicted octanol–water partition coefficient (Wildman–Crippen LogP) is 3.28. The highest BCUT2D eigenvalue weighted by Gasteiger charge is 2.35. The molecule has 2 heteroatoms. The van der Waals surface area contributed by atoms with Gasteiger partial charge in [0.1, 0.15) is 0 Å². The summed E-state index contributed by atoms with van der Waals surface area (Å²) in [4.78, 5) is 2.79. The van der Waals surface area contributed by atoms with E-state index in [-0.39, 0.29) is 0 Å². The fourth-order valence-corrected chi connectivity index (χ4v) is 4.02. The van der Waals surface area contributed by atoms with Crippen molar-refractivity contribution in [1.29, 1.82) is 0 Å². The molecule has 1 N–H and O–H groups in total. The van der Waals surface area contributed by atoms with Crippen molar-refractivity contribution < 1.29 is 0 Å². The molecule has 106 valence electrons. The summed E-state index contributed by atoms with van der Waals surface area (Å²) in [6.07, 6.45) is 8.37. The highest BCUT2D eigenvalue weighted by atomic mass is 15.2. The summed E-state index contributed by atoms with van der Waals surface area (Å²) in [5.74, 6) is 0.899. The van der Waals surface area contributed by atoms with Crippen molar-refractivity contribution >= 4 is 0 Å². The van der Waals surface area contributed by atoms with Gasteiger partial charge in [0.05, 0.1) is 0 Å². The molecule has 18 heavy (non-hydrogen) atoms. The van der Waals surface area contributed by atoms with Crippen LogP contribution in [0.25, 0.3) is 0 Å². The molecule has 2 saturated heterocycles. The van der Waals surface area contributed by atoms with E-state index in [2.05, 4.69) is 31.0 Å². The summed E-state index contributed by atoms with van der Waals surface area (Å²) in [5, 5.41) is 3.65. The van der Waals surface area contributed by atoms with Crippen molar-refractivity contribution in [1.82, 2.24) is 10.2 Å². The highest BCUT2D eigenvalue weighted by molar-refractivity contribution is 4.90. The Hall–Kier alpha value is -0.0800. The number of hydrogen-bond acceptors (Lipinski definition) is 2. The van der Waals surface area contributed by atoms with Gasteiger partial charge in [-0.25, -0.2) is 0 Å². The van der Waals surface area contributed by atoms with E-state index in [0.717, 1.165) is 12.0 Å². The van der Waals surface area contributed by atoms with Crippen LogP contribution in [0.3, 0.4) is 0 Å². The van der Waals surface area contributed by atoms with Gasteiger partial charge in [0, 0.05) is 25.7 Å². The number of nitrogens with one attached hydrogen (secondary N) is 1. The van der Waals surface area contributed by atoms with Crippen LogP contribution < -0.4 is 5.32 Å². The van der Waals surface area contributed by atoms with Crippen LogP contribution in [-0.2, 0) is 0 Å². The maximum absolute atomic E-state index is 3.65. The van der Waals surface area contributed by atoms with Gasteiger partial charge in [0.2, 0.25) is 0 Å². The zero-order valence-electron chi connectivity index (χ0n) is 12.7. The van der Waals surface area contributed by atoms with Crippen molar-refractivity contribution in [3.8, 4) is 0 Å². The zero-order valence-corrected chi connectivity index (χ0v) is 12.7. The Bertz CT molecular complexity index is 240. The monoisotopic (exact) mass is 252 g/mol. The van der Waals surface area contributed by atoms with Crippen LogP contribution in [-0.4, -0.2) is 37.1 Å². The first-order valence-electron chi connectivity index (χ1n) is 8.10. The molecule has 2 fully saturated rings. The third-order valence-corrected chi connectivity index (χ3v) is 5.13. The van der Waals surface area contributed by atoms with Crippen LogP contribution in [0.2, 0.25) is 0 Å². The van der Waals surface area contributed by atoms with Crippen LogP contribution in [0.15, 0.2) is 0 Å². The topological polar surface area (TPSA) is 15.3 Å². The maximum atomic E-state index is 3.65. The average Bonchev–Trinajstić information content (AvgIpc) is 2.35. The summed E-state index contributed by atoms with van der Waals surface area (Å²) in [7, 11) is 0. The van der Waals surface area contributed by atoms with Crippen LogP contribution in [0, 0.1) is 11.3 Å². The molecule has 0 saturated carbocycles. The fourth-order valence-electron chi connectivity index (χ4n) is 4.02. The van der Waals surface area contributed by atoms with Crippen molar-refractivity contribution in [2.75, 3.05) is 26.2 Å². The molecule has 0 amide bonds. The Balaban J connectivity index is 1.98. The lowest BCUT2D eigenvalue weighted by Gasteiger charge is -2.46. The molecule has 2 heterocycles. The summed E-state index contributed by atoms with van der Waals surface area (Å²) < 4.78 is 0. The Morgan fingerprint density at radius 1 is 1.28 bits per heavy atom. The third kappa shape index (κ3) is 3.48. The summed E-state index contributed by atoms with van der Waals surface area (Å²) >= 11 is 0. The summed E-state index contributed by atoms with van der Waals surface area (Å²) in [6.45, 7) is 12.3.